The van der Waals surface area contributed by atoms with Crippen LogP contribution in [-0.2, 0) is 14.8 Å². The summed E-state index contributed by atoms with van der Waals surface area (Å²) in [5.74, 6) is 0.887. The Bertz CT molecular complexity index is 1190. The lowest BCUT2D eigenvalue weighted by Gasteiger charge is -2.26. The maximum Gasteiger partial charge on any atom is 0.264 e. The van der Waals surface area contributed by atoms with Gasteiger partial charge in [-0.25, -0.2) is 8.42 Å². The lowest BCUT2D eigenvalue weighted by Crippen LogP contribution is -2.41. The van der Waals surface area contributed by atoms with Crippen LogP contribution in [0.4, 0.5) is 5.69 Å². The van der Waals surface area contributed by atoms with E-state index in [2.05, 4.69) is 5.32 Å². The van der Waals surface area contributed by atoms with Gasteiger partial charge in [-0.2, -0.15) is 0 Å². The fourth-order valence-electron chi connectivity index (χ4n) is 3.31. The molecular weight excluding hydrogens is 500 g/mol. The molecule has 0 saturated carbocycles. The minimum atomic E-state index is -4.01. The summed E-state index contributed by atoms with van der Waals surface area (Å²) in [6, 6.07) is 23.6. The number of benzene rings is 3. The summed E-state index contributed by atoms with van der Waals surface area (Å²) in [5, 5.41) is 2.86. The Morgan fingerprint density at radius 1 is 0.943 bits per heavy atom. The third-order valence-corrected chi connectivity index (χ3v) is 8.64. The van der Waals surface area contributed by atoms with Crippen molar-refractivity contribution in [1.82, 2.24) is 5.32 Å². The normalized spacial score (nSPS) is 11.1. The molecule has 0 atom stereocenters. The Morgan fingerprint density at radius 2 is 1.63 bits per heavy atom. The number of rotatable bonds is 13. The number of carbonyl (C=O) groups excluding carboxylic acids is 1. The predicted molar refractivity (Wildman–Crippen MR) is 145 cm³/mol. The average Bonchev–Trinajstić information content (AvgIpc) is 2.88. The van der Waals surface area contributed by atoms with Gasteiger partial charge in [-0.3, -0.25) is 9.10 Å². The minimum absolute atomic E-state index is 0.119. The number of nitrogens with one attached hydrogen (secondary N) is 1. The van der Waals surface area contributed by atoms with E-state index in [0.717, 1.165) is 21.4 Å². The highest BCUT2D eigenvalue weighted by atomic mass is 32.2. The van der Waals surface area contributed by atoms with E-state index in [9.17, 15) is 13.2 Å². The van der Waals surface area contributed by atoms with Crippen molar-refractivity contribution >= 4 is 45.1 Å². The van der Waals surface area contributed by atoms with Crippen molar-refractivity contribution in [1.29, 1.82) is 0 Å². The van der Waals surface area contributed by atoms with Gasteiger partial charge in [0, 0.05) is 16.3 Å². The molecular formula is C26H30N2O4S3. The van der Waals surface area contributed by atoms with E-state index < -0.39 is 10.0 Å². The molecule has 35 heavy (non-hydrogen) atoms. The summed E-state index contributed by atoms with van der Waals surface area (Å²) < 4.78 is 34.1. The van der Waals surface area contributed by atoms with E-state index in [1.807, 2.05) is 43.5 Å². The van der Waals surface area contributed by atoms with Crippen molar-refractivity contribution in [3.8, 4) is 5.75 Å². The van der Waals surface area contributed by atoms with Crippen molar-refractivity contribution < 1.29 is 17.9 Å². The van der Waals surface area contributed by atoms with Gasteiger partial charge in [-0.05, 0) is 73.9 Å². The van der Waals surface area contributed by atoms with E-state index in [-0.39, 0.29) is 17.3 Å². The molecule has 186 valence electrons. The quantitative estimate of drug-likeness (QED) is 0.239. The Balaban J connectivity index is 1.73. The van der Waals surface area contributed by atoms with Gasteiger partial charge in [-0.15, -0.1) is 23.5 Å². The molecule has 6 nitrogen and oxygen atoms in total. The van der Waals surface area contributed by atoms with Crippen LogP contribution in [0.15, 0.2) is 93.5 Å². The molecule has 0 saturated heterocycles. The molecule has 0 aliphatic carbocycles. The SMILES string of the molecule is CCOc1ccccc1N(CC(=O)NCCCSc1ccccc1)S(=O)(=O)c1ccc(SC)cc1. The minimum Gasteiger partial charge on any atom is -0.492 e. The van der Waals surface area contributed by atoms with Gasteiger partial charge in [0.25, 0.3) is 10.0 Å². The monoisotopic (exact) mass is 530 g/mol. The highest BCUT2D eigenvalue weighted by molar-refractivity contribution is 7.99. The zero-order valence-corrected chi connectivity index (χ0v) is 22.3. The molecule has 3 rings (SSSR count). The molecule has 0 aromatic heterocycles. The first-order valence-corrected chi connectivity index (χ1v) is 14.9. The summed E-state index contributed by atoms with van der Waals surface area (Å²) in [6.45, 7) is 2.32. The highest BCUT2D eigenvalue weighted by Crippen LogP contribution is 2.33. The summed E-state index contributed by atoms with van der Waals surface area (Å²) in [7, 11) is -4.01. The molecule has 0 fully saturated rings. The third-order valence-electron chi connectivity index (χ3n) is 5.02. The molecule has 0 aliphatic heterocycles. The molecule has 3 aromatic rings. The maximum absolute atomic E-state index is 13.6. The van der Waals surface area contributed by atoms with Gasteiger partial charge >= 0.3 is 0 Å². The topological polar surface area (TPSA) is 75.7 Å². The molecule has 0 radical (unpaired) electrons. The smallest absolute Gasteiger partial charge is 0.264 e. The molecule has 0 bridgehead atoms. The van der Waals surface area contributed by atoms with Crippen molar-refractivity contribution in [3.05, 3.63) is 78.9 Å². The molecule has 0 spiro atoms. The van der Waals surface area contributed by atoms with Crippen molar-refractivity contribution in [2.75, 3.05) is 36.0 Å². The van der Waals surface area contributed by atoms with Crippen molar-refractivity contribution in [3.63, 3.8) is 0 Å². The Kier molecular flexibility index (Phi) is 10.4. The van der Waals surface area contributed by atoms with E-state index in [1.165, 1.54) is 16.7 Å². The molecule has 0 unspecified atom stereocenters. The van der Waals surface area contributed by atoms with E-state index in [4.69, 9.17) is 4.74 Å². The number of carbonyl (C=O) groups is 1. The van der Waals surface area contributed by atoms with E-state index in [0.29, 0.717) is 24.6 Å². The van der Waals surface area contributed by atoms with Crippen LogP contribution < -0.4 is 14.4 Å². The van der Waals surface area contributed by atoms with Gasteiger partial charge in [-0.1, -0.05) is 30.3 Å². The predicted octanol–water partition coefficient (Wildman–Crippen LogP) is 5.30. The zero-order valence-electron chi connectivity index (χ0n) is 19.8. The van der Waals surface area contributed by atoms with Gasteiger partial charge < -0.3 is 10.1 Å². The fourth-order valence-corrected chi connectivity index (χ4v) is 6.02. The zero-order chi connectivity index (χ0) is 25.1. The molecule has 3 aromatic carbocycles. The van der Waals surface area contributed by atoms with Gasteiger partial charge in [0.15, 0.2) is 0 Å². The maximum atomic E-state index is 13.6. The fraction of sp³-hybridized carbons (Fsp3) is 0.269. The van der Waals surface area contributed by atoms with Crippen LogP contribution in [-0.4, -0.2) is 46.0 Å². The summed E-state index contributed by atoms with van der Waals surface area (Å²) in [5.41, 5.74) is 0.332. The van der Waals surface area contributed by atoms with Crippen molar-refractivity contribution in [2.24, 2.45) is 0 Å². The summed E-state index contributed by atoms with van der Waals surface area (Å²) >= 11 is 3.25. The summed E-state index contributed by atoms with van der Waals surface area (Å²) in [4.78, 5) is 15.1. The Hall–Kier alpha value is -2.62. The number of thioether (sulfide) groups is 2. The summed E-state index contributed by atoms with van der Waals surface area (Å²) in [6.07, 6.45) is 2.70. The second-order valence-electron chi connectivity index (χ2n) is 7.45. The van der Waals surface area contributed by atoms with E-state index >= 15 is 0 Å². The first-order chi connectivity index (χ1) is 17.0. The van der Waals surface area contributed by atoms with Crippen LogP contribution >= 0.6 is 23.5 Å². The van der Waals surface area contributed by atoms with Crippen LogP contribution in [0, 0.1) is 0 Å². The Labute approximate surface area is 216 Å². The van der Waals surface area contributed by atoms with Crippen LogP contribution in [0.3, 0.4) is 0 Å². The number of hydrogen-bond donors (Lipinski definition) is 1. The van der Waals surface area contributed by atoms with Gasteiger partial charge in [0.2, 0.25) is 5.91 Å². The van der Waals surface area contributed by atoms with Crippen LogP contribution in [0.2, 0.25) is 0 Å². The number of ether oxygens (including phenoxy) is 1. The number of hydrogen-bond acceptors (Lipinski definition) is 6. The number of anilines is 1. The molecule has 0 heterocycles. The van der Waals surface area contributed by atoms with Gasteiger partial charge in [0.05, 0.1) is 17.2 Å². The van der Waals surface area contributed by atoms with Gasteiger partial charge in [0.1, 0.15) is 12.3 Å². The standard InChI is InChI=1S/C26H30N2O4S3/c1-3-32-25-13-8-7-12-24(25)28(35(30,31)23-16-14-21(33-2)15-17-23)20-26(29)27-18-9-19-34-22-10-5-4-6-11-22/h4-8,10-17H,3,9,18-20H2,1-2H3,(H,27,29). The van der Waals surface area contributed by atoms with Crippen molar-refractivity contribution in [2.45, 2.75) is 28.0 Å². The third kappa shape index (κ3) is 7.68. The molecule has 1 N–H and O–H groups in total. The lowest BCUT2D eigenvalue weighted by molar-refractivity contribution is -0.119. The molecule has 1 amide bonds. The number of nitrogens with zero attached hydrogens (tertiary/aromatic N) is 1. The largest absolute Gasteiger partial charge is 0.492 e. The van der Waals surface area contributed by atoms with Crippen LogP contribution in [0.5, 0.6) is 5.75 Å². The molecule has 0 aliphatic rings. The lowest BCUT2D eigenvalue weighted by atomic mass is 10.3. The number of para-hydroxylation sites is 2. The van der Waals surface area contributed by atoms with Crippen LogP contribution in [0.25, 0.3) is 0 Å². The highest BCUT2D eigenvalue weighted by Gasteiger charge is 2.29. The first kappa shape index (κ1) is 27.0. The Morgan fingerprint density at radius 3 is 2.31 bits per heavy atom. The van der Waals surface area contributed by atoms with E-state index in [1.54, 1.807) is 60.3 Å². The second kappa shape index (κ2) is 13.5. The number of sulfonamides is 1. The molecule has 9 heteroatoms. The van der Waals surface area contributed by atoms with Crippen LogP contribution in [0.1, 0.15) is 13.3 Å². The second-order valence-corrected chi connectivity index (χ2v) is 11.4. The number of amides is 1. The first-order valence-electron chi connectivity index (χ1n) is 11.3. The average molecular weight is 531 g/mol.